The van der Waals surface area contributed by atoms with Crippen molar-refractivity contribution in [3.05, 3.63) is 0 Å². The molecular formula is C38H76N2S4. The third kappa shape index (κ3) is 38.7. The Labute approximate surface area is 296 Å². The molecular weight excluding hydrogens is 613 g/mol. The zero-order valence-electron chi connectivity index (χ0n) is 29.7. The van der Waals surface area contributed by atoms with Crippen molar-refractivity contribution in [2.24, 2.45) is 0 Å². The number of thiocarbonyl (C=S) groups is 2. The monoisotopic (exact) mass is 688 g/mol. The van der Waals surface area contributed by atoms with Crippen LogP contribution in [0.1, 0.15) is 219 Å². The number of rotatable bonds is 34. The molecule has 0 aliphatic carbocycles. The van der Waals surface area contributed by atoms with Gasteiger partial charge in [-0.1, -0.05) is 231 Å². The minimum absolute atomic E-state index is 0.863. The number of nitrogens with one attached hydrogen (secondary N) is 2. The van der Waals surface area contributed by atoms with E-state index in [1.807, 2.05) is 0 Å². The number of hydrogen-bond donors (Lipinski definition) is 2. The summed E-state index contributed by atoms with van der Waals surface area (Å²) in [6, 6.07) is 0. The molecule has 0 amide bonds. The molecule has 0 unspecified atom stereocenters. The molecule has 0 spiro atoms. The van der Waals surface area contributed by atoms with E-state index in [2.05, 4.69) is 24.5 Å². The molecule has 0 saturated heterocycles. The Morgan fingerprint density at radius 2 is 0.500 bits per heavy atom. The Hall–Kier alpha value is 0.480. The lowest BCUT2D eigenvalue weighted by Gasteiger charge is -2.09. The van der Waals surface area contributed by atoms with E-state index in [4.69, 9.17) is 24.4 Å². The molecule has 262 valence electrons. The van der Waals surface area contributed by atoms with Gasteiger partial charge < -0.3 is 10.6 Å². The van der Waals surface area contributed by atoms with Crippen LogP contribution in [-0.4, -0.2) is 21.7 Å². The highest BCUT2D eigenvalue weighted by molar-refractivity contribution is 8.89. The molecule has 0 aromatic heterocycles. The molecule has 0 bridgehead atoms. The van der Waals surface area contributed by atoms with Crippen LogP contribution in [0.5, 0.6) is 0 Å². The first-order valence-electron chi connectivity index (χ1n) is 19.6. The molecule has 0 heterocycles. The summed E-state index contributed by atoms with van der Waals surface area (Å²) in [7, 11) is 3.19. The van der Waals surface area contributed by atoms with Crippen molar-refractivity contribution in [2.45, 2.75) is 219 Å². The molecule has 6 heteroatoms. The SMILES string of the molecule is CCCCCCCCCCCCCCCCCCNC(=S)SSC(=S)NCCCCCCCCCCCCCCCCCC. The average Bonchev–Trinajstić information content (AvgIpc) is 3.03. The van der Waals surface area contributed by atoms with E-state index < -0.39 is 0 Å². The molecule has 2 nitrogen and oxygen atoms in total. The Kier molecular flexibility index (Phi) is 40.1. The highest BCUT2D eigenvalue weighted by Crippen LogP contribution is 2.23. The largest absolute Gasteiger partial charge is 0.370 e. The molecule has 44 heavy (non-hydrogen) atoms. The molecule has 0 atom stereocenters. The van der Waals surface area contributed by atoms with Crippen LogP contribution < -0.4 is 10.6 Å². The smallest absolute Gasteiger partial charge is 0.144 e. The minimum Gasteiger partial charge on any atom is -0.370 e. The zero-order chi connectivity index (χ0) is 32.0. The van der Waals surface area contributed by atoms with Gasteiger partial charge in [0, 0.05) is 13.1 Å². The summed E-state index contributed by atoms with van der Waals surface area (Å²) in [6.07, 6.45) is 45.1. The van der Waals surface area contributed by atoms with Gasteiger partial charge in [-0.05, 0) is 34.4 Å². The lowest BCUT2D eigenvalue weighted by atomic mass is 10.0. The van der Waals surface area contributed by atoms with E-state index in [1.165, 1.54) is 205 Å². The normalized spacial score (nSPS) is 11.2. The second-order valence-electron chi connectivity index (χ2n) is 13.2. The highest BCUT2D eigenvalue weighted by atomic mass is 33.1. The Morgan fingerprint density at radius 1 is 0.318 bits per heavy atom. The molecule has 0 aliphatic rings. The standard InChI is InChI=1S/C38H76N2S4/c1-3-5-7-9-11-13-15-17-19-21-23-25-27-29-31-33-35-39-37(41)43-44-38(42)40-36-34-32-30-28-26-24-22-20-18-16-14-12-10-8-6-4-2/h3-36H2,1-2H3,(H,39,41)(H,40,42). The summed E-state index contributed by atoms with van der Waals surface area (Å²) in [4.78, 5) is 0. The van der Waals surface area contributed by atoms with Gasteiger partial charge in [-0.25, -0.2) is 0 Å². The van der Waals surface area contributed by atoms with Crippen molar-refractivity contribution in [1.29, 1.82) is 0 Å². The predicted molar refractivity (Wildman–Crippen MR) is 215 cm³/mol. The van der Waals surface area contributed by atoms with Crippen LogP contribution in [0.3, 0.4) is 0 Å². The fraction of sp³-hybridized carbons (Fsp3) is 0.947. The van der Waals surface area contributed by atoms with Crippen LogP contribution in [0.25, 0.3) is 0 Å². The first-order chi connectivity index (χ1) is 21.7. The van der Waals surface area contributed by atoms with Crippen molar-refractivity contribution in [3.63, 3.8) is 0 Å². The lowest BCUT2D eigenvalue weighted by molar-refractivity contribution is 0.529. The molecule has 0 radical (unpaired) electrons. The van der Waals surface area contributed by atoms with Crippen LogP contribution >= 0.6 is 46.0 Å². The second-order valence-corrected chi connectivity index (χ2v) is 16.7. The number of hydrogen-bond acceptors (Lipinski definition) is 4. The Morgan fingerprint density at radius 3 is 0.705 bits per heavy atom. The topological polar surface area (TPSA) is 24.1 Å². The Bertz CT molecular complexity index is 537. The minimum atomic E-state index is 0.863. The maximum atomic E-state index is 5.48. The number of unbranched alkanes of at least 4 members (excludes halogenated alkanes) is 30. The zero-order valence-corrected chi connectivity index (χ0v) is 32.9. The van der Waals surface area contributed by atoms with Crippen molar-refractivity contribution < 1.29 is 0 Å². The van der Waals surface area contributed by atoms with Gasteiger partial charge >= 0.3 is 0 Å². The molecule has 0 aromatic carbocycles. The van der Waals surface area contributed by atoms with Crippen LogP contribution in [0.2, 0.25) is 0 Å². The molecule has 0 aromatic rings. The lowest BCUT2D eigenvalue weighted by Crippen LogP contribution is -2.21. The van der Waals surface area contributed by atoms with Gasteiger partial charge in [-0.3, -0.25) is 0 Å². The Balaban J connectivity index is 3.26. The summed E-state index contributed by atoms with van der Waals surface area (Å²) in [5.74, 6) is 0. The van der Waals surface area contributed by atoms with Gasteiger partial charge in [0.1, 0.15) is 8.64 Å². The van der Waals surface area contributed by atoms with E-state index in [0.717, 1.165) is 21.7 Å². The molecule has 0 rings (SSSR count). The summed E-state index contributed by atoms with van der Waals surface area (Å²) in [5, 5.41) is 6.80. The predicted octanol–water partition coefficient (Wildman–Crippen LogP) is 14.6. The van der Waals surface area contributed by atoms with E-state index in [1.54, 1.807) is 21.6 Å². The van der Waals surface area contributed by atoms with E-state index in [-0.39, 0.29) is 0 Å². The van der Waals surface area contributed by atoms with Crippen LogP contribution in [0.4, 0.5) is 0 Å². The maximum absolute atomic E-state index is 5.48. The van der Waals surface area contributed by atoms with Crippen molar-refractivity contribution in [3.8, 4) is 0 Å². The van der Waals surface area contributed by atoms with E-state index in [0.29, 0.717) is 0 Å². The second kappa shape index (κ2) is 39.7. The van der Waals surface area contributed by atoms with Crippen molar-refractivity contribution in [2.75, 3.05) is 13.1 Å². The molecule has 2 N–H and O–H groups in total. The fourth-order valence-corrected chi connectivity index (χ4v) is 7.96. The van der Waals surface area contributed by atoms with Gasteiger partial charge in [-0.15, -0.1) is 0 Å². The maximum Gasteiger partial charge on any atom is 0.144 e. The first-order valence-corrected chi connectivity index (χ1v) is 22.6. The van der Waals surface area contributed by atoms with Gasteiger partial charge in [-0.2, -0.15) is 0 Å². The van der Waals surface area contributed by atoms with Crippen LogP contribution in [0, 0.1) is 0 Å². The van der Waals surface area contributed by atoms with Gasteiger partial charge in [0.25, 0.3) is 0 Å². The summed E-state index contributed by atoms with van der Waals surface area (Å²) < 4.78 is 1.73. The van der Waals surface area contributed by atoms with Crippen molar-refractivity contribution >= 4 is 54.7 Å². The third-order valence-electron chi connectivity index (χ3n) is 8.79. The summed E-state index contributed by atoms with van der Waals surface area (Å²) >= 11 is 11.0. The van der Waals surface area contributed by atoms with Gasteiger partial charge in [0.05, 0.1) is 0 Å². The van der Waals surface area contributed by atoms with Gasteiger partial charge in [0.15, 0.2) is 0 Å². The molecule has 0 fully saturated rings. The van der Waals surface area contributed by atoms with Crippen molar-refractivity contribution in [1.82, 2.24) is 10.6 Å². The molecule has 0 aliphatic heterocycles. The van der Waals surface area contributed by atoms with Gasteiger partial charge in [0.2, 0.25) is 0 Å². The third-order valence-corrected chi connectivity index (χ3v) is 12.1. The quantitative estimate of drug-likeness (QED) is 0.0396. The summed E-state index contributed by atoms with van der Waals surface area (Å²) in [6.45, 7) is 6.57. The summed E-state index contributed by atoms with van der Waals surface area (Å²) in [5.41, 5.74) is 0. The highest BCUT2D eigenvalue weighted by Gasteiger charge is 2.03. The average molecular weight is 689 g/mol. The first kappa shape index (κ1) is 44.5. The van der Waals surface area contributed by atoms with Crippen LogP contribution in [-0.2, 0) is 0 Å². The fourth-order valence-electron chi connectivity index (χ4n) is 5.86. The van der Waals surface area contributed by atoms with E-state index in [9.17, 15) is 0 Å². The van der Waals surface area contributed by atoms with Crippen LogP contribution in [0.15, 0.2) is 0 Å². The van der Waals surface area contributed by atoms with E-state index >= 15 is 0 Å². The molecule has 0 saturated carbocycles.